The van der Waals surface area contributed by atoms with Crippen LogP contribution in [-0.2, 0) is 29.2 Å². The molecule has 0 spiro atoms. The van der Waals surface area contributed by atoms with E-state index in [1.165, 1.54) is 71.0 Å². The fourth-order valence-corrected chi connectivity index (χ4v) is 14.1. The van der Waals surface area contributed by atoms with Gasteiger partial charge in [0.2, 0.25) is 30.6 Å². The molecule has 26 nitrogen and oxygen atoms in total. The molecule has 12 heterocycles. The summed E-state index contributed by atoms with van der Waals surface area (Å²) < 4.78 is 44.4. The van der Waals surface area contributed by atoms with Crippen molar-refractivity contribution in [2.45, 2.75) is 95.3 Å². The van der Waals surface area contributed by atoms with Crippen molar-refractivity contribution in [3.05, 3.63) is 172 Å². The molecule has 4 saturated heterocycles. The van der Waals surface area contributed by atoms with E-state index >= 15 is 0 Å². The van der Waals surface area contributed by atoms with Gasteiger partial charge in [0, 0.05) is 69.9 Å². The Hall–Kier alpha value is -8.65. The Balaban J connectivity index is 0.000000119. The number of carbonyl (C=O) groups excluding carboxylic acids is 2. The third-order valence-electron chi connectivity index (χ3n) is 15.6. The molecule has 7 aromatic heterocycles. The van der Waals surface area contributed by atoms with Gasteiger partial charge in [0.05, 0.1) is 24.2 Å². The molecule has 5 aliphatic rings. The fraction of sp³-hybridized carbons (Fsp3) is 0.383. The molecule has 0 saturated carbocycles. The third kappa shape index (κ3) is 15.8. The van der Waals surface area contributed by atoms with Crippen molar-refractivity contribution < 1.29 is 28.5 Å². The zero-order valence-electron chi connectivity index (χ0n) is 49.4. The summed E-state index contributed by atoms with van der Waals surface area (Å²) in [6.07, 6.45) is 23.6. The maximum absolute atomic E-state index is 12.5. The molecule has 4 atom stereocenters. The Morgan fingerprint density at radius 3 is 1.63 bits per heavy atom. The van der Waals surface area contributed by atoms with Gasteiger partial charge in [0.25, 0.3) is 0 Å². The van der Waals surface area contributed by atoms with E-state index in [1.807, 2.05) is 88.3 Å². The van der Waals surface area contributed by atoms with Gasteiger partial charge in [-0.3, -0.25) is 28.4 Å². The largest absolute Gasteiger partial charge is 0.454 e. The van der Waals surface area contributed by atoms with E-state index in [9.17, 15) is 9.59 Å². The second kappa shape index (κ2) is 30.2. The summed E-state index contributed by atoms with van der Waals surface area (Å²) in [6.45, 7) is 7.34. The average Bonchev–Trinajstić information content (AvgIpc) is 2.28. The number of fused-ring (bicyclic) bond motifs is 1. The zero-order chi connectivity index (χ0) is 61.4. The van der Waals surface area contributed by atoms with Crippen LogP contribution in [0.2, 0.25) is 0 Å². The summed E-state index contributed by atoms with van der Waals surface area (Å²) in [5.41, 5.74) is 8.75. The Kier molecular flexibility index (Phi) is 20.7. The predicted molar refractivity (Wildman–Crippen MR) is 338 cm³/mol. The molecule has 4 unspecified atom stereocenters. The smallest absolute Gasteiger partial charge is 0.410 e. The van der Waals surface area contributed by atoms with Gasteiger partial charge in [-0.25, -0.2) is 44.5 Å². The highest BCUT2D eigenvalue weighted by Gasteiger charge is 2.36. The second-order valence-corrected chi connectivity index (χ2v) is 24.9. The van der Waals surface area contributed by atoms with Crippen LogP contribution < -0.4 is 20.5 Å². The molecule has 4 fully saturated rings. The number of hydrogen-bond donors (Lipinski definition) is 2. The quantitative estimate of drug-likeness (QED) is 0.0910. The van der Waals surface area contributed by atoms with Crippen molar-refractivity contribution in [3.8, 4) is 29.3 Å². The lowest BCUT2D eigenvalue weighted by atomic mass is 10.2. The van der Waals surface area contributed by atoms with Crippen LogP contribution in [0, 0.1) is 0 Å². The van der Waals surface area contributed by atoms with Gasteiger partial charge in [0.15, 0.2) is 11.5 Å². The fourth-order valence-electron chi connectivity index (χ4n) is 11.0. The Morgan fingerprint density at radius 2 is 1.10 bits per heavy atom. The van der Waals surface area contributed by atoms with E-state index in [1.54, 1.807) is 58.1 Å². The Morgan fingerprint density at radius 1 is 0.589 bits per heavy atom. The van der Waals surface area contributed by atoms with E-state index in [-0.39, 0.29) is 43.4 Å². The summed E-state index contributed by atoms with van der Waals surface area (Å²) in [4.78, 5) is 63.1. The lowest BCUT2D eigenvalue weighted by Crippen LogP contribution is -2.32. The van der Waals surface area contributed by atoms with Crippen molar-refractivity contribution in [3.63, 3.8) is 0 Å². The number of amides is 2. The van der Waals surface area contributed by atoms with Crippen LogP contribution in [0.3, 0.4) is 0 Å². The molecule has 0 bridgehead atoms. The minimum absolute atomic E-state index is 0.0666. The molecule has 5 aliphatic heterocycles. The first-order valence-corrected chi connectivity index (χ1v) is 32.9. The van der Waals surface area contributed by atoms with Gasteiger partial charge in [-0.15, -0.1) is 0 Å². The van der Waals surface area contributed by atoms with Crippen LogP contribution in [-0.4, -0.2) is 151 Å². The number of rotatable bonds is 16. The van der Waals surface area contributed by atoms with E-state index in [4.69, 9.17) is 29.7 Å². The molecule has 468 valence electrons. The van der Waals surface area contributed by atoms with Crippen molar-refractivity contribution in [2.24, 2.45) is 0 Å². The van der Waals surface area contributed by atoms with Crippen molar-refractivity contribution in [1.29, 1.82) is 0 Å². The minimum atomic E-state index is -0.310. The number of likely N-dealkylation sites (N-methyl/N-ethyl adjacent to an activating group) is 1. The normalized spacial score (nSPS) is 18.4. The maximum Gasteiger partial charge on any atom is 0.410 e. The van der Waals surface area contributed by atoms with E-state index in [0.717, 1.165) is 113 Å². The van der Waals surface area contributed by atoms with E-state index in [2.05, 4.69) is 81.7 Å². The highest BCUT2D eigenvalue weighted by atomic mass is 32.1. The van der Waals surface area contributed by atoms with Gasteiger partial charge < -0.3 is 34.9 Å². The number of nitrogens with two attached hydrogens (primary N) is 1. The maximum atomic E-state index is 12.5. The van der Waals surface area contributed by atoms with Gasteiger partial charge in [-0.05, 0) is 146 Å². The molecule has 0 radical (unpaired) electrons. The number of hydrogen-bond acceptors (Lipinski definition) is 25. The van der Waals surface area contributed by atoms with Gasteiger partial charge in [0.1, 0.15) is 52.2 Å². The number of benzene rings is 3. The SMILES string of the molecule is CN(CCN1CCCC1c1nc(-n2ccnc2)ns1)Cc1ccc2c(c1)OCO2.Nc1nsc(C2CCCN2C(=O)OCc2ccccc2)n1.O=C(OCc1ccccc1)N1CCCC1c1nc(-n2ccnc2)ns1.c1cn(-c2nsc(C3CCCN3)n2)cn1. The number of anilines is 1. The number of nitrogen functional groups attached to an aromatic ring is 1. The molecular formula is C60H68N20O6S4. The lowest BCUT2D eigenvalue weighted by Gasteiger charge is -2.25. The van der Waals surface area contributed by atoms with Crippen LogP contribution in [0.15, 0.2) is 135 Å². The summed E-state index contributed by atoms with van der Waals surface area (Å²) in [7, 11) is 2.16. The lowest BCUT2D eigenvalue weighted by molar-refractivity contribution is 0.0913. The average molecular weight is 1290 g/mol. The van der Waals surface area contributed by atoms with Crippen LogP contribution in [0.25, 0.3) is 17.8 Å². The summed E-state index contributed by atoms with van der Waals surface area (Å²) in [6, 6.07) is 26.1. The van der Waals surface area contributed by atoms with E-state index in [0.29, 0.717) is 43.9 Å². The molecule has 3 aromatic carbocycles. The van der Waals surface area contributed by atoms with Crippen molar-refractivity contribution in [1.82, 2.24) is 91.0 Å². The van der Waals surface area contributed by atoms with Gasteiger partial charge >= 0.3 is 12.2 Å². The minimum Gasteiger partial charge on any atom is -0.454 e. The molecule has 2 amide bonds. The molecule has 15 rings (SSSR count). The van der Waals surface area contributed by atoms with Crippen LogP contribution in [0.1, 0.15) is 112 Å². The number of imidazole rings is 3. The number of carbonyl (C=O) groups is 2. The monoisotopic (exact) mass is 1290 g/mol. The number of nitrogens with one attached hydrogen (secondary N) is 1. The topological polar surface area (TPSA) is 279 Å². The second-order valence-electron chi connectivity index (χ2n) is 21.8. The van der Waals surface area contributed by atoms with Crippen molar-refractivity contribution in [2.75, 3.05) is 58.8 Å². The first-order valence-electron chi connectivity index (χ1n) is 29.8. The Bertz CT molecular complexity index is 3810. The highest BCUT2D eigenvalue weighted by molar-refractivity contribution is 7.06. The van der Waals surface area contributed by atoms with Gasteiger partial charge in [-0.1, -0.05) is 66.7 Å². The molecular weight excluding hydrogens is 1230 g/mol. The van der Waals surface area contributed by atoms with Crippen molar-refractivity contribution >= 4 is 64.3 Å². The summed E-state index contributed by atoms with van der Waals surface area (Å²) in [5.74, 6) is 3.97. The Labute approximate surface area is 536 Å². The third-order valence-corrected chi connectivity index (χ3v) is 18.8. The first kappa shape index (κ1) is 61.6. The number of aromatic nitrogens is 14. The molecule has 30 heteroatoms. The predicted octanol–water partition coefficient (Wildman–Crippen LogP) is 9.66. The molecule has 3 N–H and O–H groups in total. The summed E-state index contributed by atoms with van der Waals surface area (Å²) >= 11 is 5.55. The van der Waals surface area contributed by atoms with Crippen LogP contribution in [0.5, 0.6) is 11.5 Å². The highest BCUT2D eigenvalue weighted by Crippen LogP contribution is 2.37. The van der Waals surface area contributed by atoms with Crippen LogP contribution in [0.4, 0.5) is 15.5 Å². The molecule has 10 aromatic rings. The zero-order valence-corrected chi connectivity index (χ0v) is 52.7. The molecule has 90 heavy (non-hydrogen) atoms. The first-order chi connectivity index (χ1) is 44.2. The van der Waals surface area contributed by atoms with Gasteiger partial charge in [-0.2, -0.15) is 17.5 Å². The van der Waals surface area contributed by atoms with Crippen LogP contribution >= 0.6 is 46.1 Å². The number of ether oxygens (including phenoxy) is 4. The molecule has 0 aliphatic carbocycles. The standard InChI is InChI=1S/C20H24N6O2S.C17H17N5O2S.C14H16N4O2S.C9H11N5S/c1-24(12-15-4-5-17-18(11-15)28-14-27-17)9-10-25-7-2-3-16(25)19-22-20(23-29-19)26-8-6-21-13-26;23-17(24-11-13-5-2-1-3-6-13)22-9-4-7-14(22)15-19-16(20-25-15)21-10-8-18-12-21;15-13-16-12(21-17-13)11-7-4-8-18(11)14(19)20-9-10-5-2-1-3-6-10;1-2-7(11-3-1)8-12-9(13-15-8)14-5-4-10-6-14/h4-6,8,11,13,16H,2-3,7,9-10,12,14H2,1H3;1-3,5-6,8,10,12,14H,4,7,9,11H2;1-3,5-6,11H,4,7-9H2,(H2,15,17);4-7,11H,1-3H2. The van der Waals surface area contributed by atoms with E-state index < -0.39 is 0 Å². The number of nitrogens with zero attached hydrogens (tertiary/aromatic N) is 18. The summed E-state index contributed by atoms with van der Waals surface area (Å²) in [5, 5.41) is 7.21. The number of likely N-dealkylation sites (tertiary alicyclic amines) is 3.